The number of aliphatic imine (C=N–C) groups is 1. The Labute approximate surface area is 136 Å². The SMILES string of the molecule is Cc1cn2c(/C=C3\N=C(c4ccccc4)OC3=O)c(C)nc2s1. The molecule has 0 fully saturated rings. The molecule has 0 atom stereocenters. The second kappa shape index (κ2) is 5.17. The lowest BCUT2D eigenvalue weighted by molar-refractivity contribution is -0.129. The molecule has 0 N–H and O–H groups in total. The first-order chi connectivity index (χ1) is 11.1. The van der Waals surface area contributed by atoms with Gasteiger partial charge in [-0.2, -0.15) is 0 Å². The number of fused-ring (bicyclic) bond motifs is 1. The molecule has 1 aromatic carbocycles. The van der Waals surface area contributed by atoms with Crippen LogP contribution >= 0.6 is 11.3 Å². The van der Waals surface area contributed by atoms with Crippen LogP contribution in [0, 0.1) is 13.8 Å². The predicted octanol–water partition coefficient (Wildman–Crippen LogP) is 3.36. The number of esters is 1. The van der Waals surface area contributed by atoms with Crippen LogP contribution in [-0.2, 0) is 9.53 Å². The normalized spacial score (nSPS) is 16.2. The van der Waals surface area contributed by atoms with E-state index in [1.54, 1.807) is 17.4 Å². The quantitative estimate of drug-likeness (QED) is 0.537. The van der Waals surface area contributed by atoms with Gasteiger partial charge < -0.3 is 4.74 Å². The Balaban J connectivity index is 1.79. The number of thiazole rings is 1. The largest absolute Gasteiger partial charge is 0.402 e. The van der Waals surface area contributed by atoms with E-state index in [0.29, 0.717) is 5.90 Å². The van der Waals surface area contributed by atoms with E-state index in [1.807, 2.05) is 54.8 Å². The van der Waals surface area contributed by atoms with Crippen molar-refractivity contribution in [3.05, 3.63) is 64.1 Å². The van der Waals surface area contributed by atoms with Crippen molar-refractivity contribution in [2.45, 2.75) is 13.8 Å². The second-order valence-electron chi connectivity index (χ2n) is 5.28. The van der Waals surface area contributed by atoms with E-state index in [4.69, 9.17) is 4.74 Å². The van der Waals surface area contributed by atoms with E-state index < -0.39 is 5.97 Å². The van der Waals surface area contributed by atoms with Gasteiger partial charge in [-0.1, -0.05) is 18.2 Å². The number of carbonyl (C=O) groups excluding carboxylic acids is 1. The summed E-state index contributed by atoms with van der Waals surface area (Å²) in [6.07, 6.45) is 3.74. The summed E-state index contributed by atoms with van der Waals surface area (Å²) in [5, 5.41) is 0. The molecule has 3 heterocycles. The predicted molar refractivity (Wildman–Crippen MR) is 89.6 cm³/mol. The van der Waals surface area contributed by atoms with Crippen molar-refractivity contribution in [1.29, 1.82) is 0 Å². The highest BCUT2D eigenvalue weighted by atomic mass is 32.1. The first-order valence-electron chi connectivity index (χ1n) is 7.15. The molecule has 1 aliphatic rings. The summed E-state index contributed by atoms with van der Waals surface area (Å²) in [5.74, 6) is -0.105. The van der Waals surface area contributed by atoms with Gasteiger partial charge >= 0.3 is 5.97 Å². The lowest BCUT2D eigenvalue weighted by Crippen LogP contribution is -2.05. The number of rotatable bonds is 2. The first kappa shape index (κ1) is 13.9. The molecule has 3 aromatic rings. The maximum Gasteiger partial charge on any atom is 0.363 e. The van der Waals surface area contributed by atoms with Gasteiger partial charge in [-0.05, 0) is 32.1 Å². The third-order valence-electron chi connectivity index (χ3n) is 3.58. The zero-order valence-corrected chi connectivity index (χ0v) is 13.4. The minimum absolute atomic E-state index is 0.289. The molecule has 0 bridgehead atoms. The summed E-state index contributed by atoms with van der Waals surface area (Å²) < 4.78 is 7.26. The highest BCUT2D eigenvalue weighted by Crippen LogP contribution is 2.24. The van der Waals surface area contributed by atoms with Gasteiger partial charge in [0.2, 0.25) is 5.90 Å². The lowest BCUT2D eigenvalue weighted by atomic mass is 10.2. The summed E-state index contributed by atoms with van der Waals surface area (Å²) in [5.41, 5.74) is 2.79. The Morgan fingerprint density at radius 2 is 2.00 bits per heavy atom. The number of ether oxygens (including phenoxy) is 1. The fourth-order valence-corrected chi connectivity index (χ4v) is 3.38. The second-order valence-corrected chi connectivity index (χ2v) is 6.49. The molecule has 23 heavy (non-hydrogen) atoms. The topological polar surface area (TPSA) is 56.0 Å². The highest BCUT2D eigenvalue weighted by molar-refractivity contribution is 7.17. The molecular formula is C17H13N3O2S. The number of imidazole rings is 1. The van der Waals surface area contributed by atoms with Crippen LogP contribution in [0.5, 0.6) is 0 Å². The van der Waals surface area contributed by atoms with Crippen LogP contribution in [0.25, 0.3) is 11.0 Å². The minimum Gasteiger partial charge on any atom is -0.402 e. The van der Waals surface area contributed by atoms with E-state index in [0.717, 1.165) is 26.8 Å². The maximum absolute atomic E-state index is 12.1. The fraction of sp³-hybridized carbons (Fsp3) is 0.118. The number of hydrogen-bond acceptors (Lipinski definition) is 5. The van der Waals surface area contributed by atoms with Crippen LogP contribution in [0.3, 0.4) is 0 Å². The van der Waals surface area contributed by atoms with Crippen molar-refractivity contribution in [1.82, 2.24) is 9.38 Å². The molecule has 2 aromatic heterocycles. The van der Waals surface area contributed by atoms with Crippen molar-refractivity contribution in [3.8, 4) is 0 Å². The van der Waals surface area contributed by atoms with Crippen molar-refractivity contribution in [3.63, 3.8) is 0 Å². The number of aryl methyl sites for hydroxylation is 2. The number of aromatic nitrogens is 2. The molecule has 4 rings (SSSR count). The van der Waals surface area contributed by atoms with Gasteiger partial charge in [-0.25, -0.2) is 14.8 Å². The zero-order valence-electron chi connectivity index (χ0n) is 12.6. The number of benzene rings is 1. The third kappa shape index (κ3) is 2.37. The van der Waals surface area contributed by atoms with E-state index in [9.17, 15) is 4.79 Å². The Hall–Kier alpha value is -2.73. The number of nitrogens with zero attached hydrogens (tertiary/aromatic N) is 3. The third-order valence-corrected chi connectivity index (χ3v) is 4.48. The van der Waals surface area contributed by atoms with Gasteiger partial charge in [-0.3, -0.25) is 4.40 Å². The average molecular weight is 323 g/mol. The van der Waals surface area contributed by atoms with Gasteiger partial charge in [0.15, 0.2) is 10.7 Å². The monoisotopic (exact) mass is 323 g/mol. The summed E-state index contributed by atoms with van der Waals surface area (Å²) >= 11 is 1.61. The van der Waals surface area contributed by atoms with E-state index >= 15 is 0 Å². The minimum atomic E-state index is -0.440. The van der Waals surface area contributed by atoms with Gasteiger partial charge in [0.1, 0.15) is 0 Å². The van der Waals surface area contributed by atoms with E-state index in [-0.39, 0.29) is 5.70 Å². The molecule has 0 radical (unpaired) electrons. The molecular weight excluding hydrogens is 310 g/mol. The molecule has 0 saturated carbocycles. The number of carbonyl (C=O) groups is 1. The van der Waals surface area contributed by atoms with Crippen LogP contribution in [-0.4, -0.2) is 21.3 Å². The molecule has 0 saturated heterocycles. The summed E-state index contributed by atoms with van der Waals surface area (Å²) in [6, 6.07) is 9.39. The highest BCUT2D eigenvalue weighted by Gasteiger charge is 2.25. The molecule has 0 spiro atoms. The molecule has 0 amide bonds. The van der Waals surface area contributed by atoms with Crippen molar-refractivity contribution < 1.29 is 9.53 Å². The van der Waals surface area contributed by atoms with Crippen molar-refractivity contribution in [2.24, 2.45) is 4.99 Å². The zero-order chi connectivity index (χ0) is 16.0. The number of hydrogen-bond donors (Lipinski definition) is 0. The van der Waals surface area contributed by atoms with Crippen molar-refractivity contribution >= 4 is 34.2 Å². The summed E-state index contributed by atoms with van der Waals surface area (Å²) in [6.45, 7) is 3.95. The molecule has 0 aliphatic carbocycles. The fourth-order valence-electron chi connectivity index (χ4n) is 2.50. The van der Waals surface area contributed by atoms with Crippen LogP contribution in [0.1, 0.15) is 21.8 Å². The van der Waals surface area contributed by atoms with E-state index in [2.05, 4.69) is 9.98 Å². The first-order valence-corrected chi connectivity index (χ1v) is 7.96. The van der Waals surface area contributed by atoms with Gasteiger partial charge in [0.05, 0.1) is 11.4 Å². The van der Waals surface area contributed by atoms with Crippen LogP contribution < -0.4 is 0 Å². The average Bonchev–Trinajstić information content (AvgIpc) is 3.16. The van der Waals surface area contributed by atoms with E-state index in [1.165, 1.54) is 0 Å². The Kier molecular flexibility index (Phi) is 3.12. The lowest BCUT2D eigenvalue weighted by Gasteiger charge is -1.97. The Morgan fingerprint density at radius 3 is 2.78 bits per heavy atom. The van der Waals surface area contributed by atoms with Crippen LogP contribution in [0.15, 0.2) is 47.2 Å². The molecule has 0 unspecified atom stereocenters. The summed E-state index contributed by atoms with van der Waals surface area (Å²) in [7, 11) is 0. The molecule has 1 aliphatic heterocycles. The number of cyclic esters (lactones) is 1. The van der Waals surface area contributed by atoms with Crippen LogP contribution in [0.4, 0.5) is 0 Å². The standard InChI is InChI=1S/C17H13N3O2S/c1-10-9-20-14(11(2)18-17(20)23-10)8-13-16(21)22-15(19-13)12-6-4-3-5-7-12/h3-9H,1-2H3/b13-8-. The van der Waals surface area contributed by atoms with Gasteiger partial charge in [0, 0.05) is 16.6 Å². The van der Waals surface area contributed by atoms with Crippen molar-refractivity contribution in [2.75, 3.05) is 0 Å². The molecule has 114 valence electrons. The van der Waals surface area contributed by atoms with Gasteiger partial charge in [-0.15, -0.1) is 11.3 Å². The Morgan fingerprint density at radius 1 is 1.22 bits per heavy atom. The molecule has 5 nitrogen and oxygen atoms in total. The smallest absolute Gasteiger partial charge is 0.363 e. The Bertz CT molecular complexity index is 980. The van der Waals surface area contributed by atoms with Gasteiger partial charge in [0.25, 0.3) is 0 Å². The summed E-state index contributed by atoms with van der Waals surface area (Å²) in [4.78, 5) is 23.0. The van der Waals surface area contributed by atoms with Crippen LogP contribution in [0.2, 0.25) is 0 Å². The molecule has 6 heteroatoms. The maximum atomic E-state index is 12.1.